The van der Waals surface area contributed by atoms with Crippen LogP contribution in [-0.4, -0.2) is 18.9 Å². The summed E-state index contributed by atoms with van der Waals surface area (Å²) in [5.74, 6) is 6.88. The lowest BCUT2D eigenvalue weighted by molar-refractivity contribution is -0.134. The second kappa shape index (κ2) is 9.15. The van der Waals surface area contributed by atoms with E-state index in [1.165, 1.54) is 0 Å². The Morgan fingerprint density at radius 2 is 2.04 bits per heavy atom. The molecule has 136 valence electrons. The number of carbonyl (C=O) groups is 1. The Balaban J connectivity index is 2.26. The molecule has 3 unspecified atom stereocenters. The summed E-state index contributed by atoms with van der Waals surface area (Å²) in [4.78, 5) is 18.7. The maximum atomic E-state index is 12.9. The molecule has 1 saturated heterocycles. The molecule has 1 aromatic carbocycles. The van der Waals surface area contributed by atoms with Gasteiger partial charge in [-0.25, -0.2) is 5.48 Å². The van der Waals surface area contributed by atoms with Gasteiger partial charge in [0.15, 0.2) is 11.9 Å². The van der Waals surface area contributed by atoms with Gasteiger partial charge in [0.05, 0.1) is 0 Å². The summed E-state index contributed by atoms with van der Waals surface area (Å²) in [7, 11) is 0. The highest BCUT2D eigenvalue weighted by molar-refractivity contribution is 5.85. The fourth-order valence-electron chi connectivity index (χ4n) is 3.89. The molecule has 1 heterocycles. The van der Waals surface area contributed by atoms with Crippen molar-refractivity contribution in [3.8, 4) is 11.8 Å². The van der Waals surface area contributed by atoms with Crippen LogP contribution in [0.3, 0.4) is 0 Å². The van der Waals surface area contributed by atoms with Gasteiger partial charge in [0.2, 0.25) is 0 Å². The van der Waals surface area contributed by atoms with Crippen molar-refractivity contribution in [2.75, 3.05) is 13.1 Å². The molecular weight excluding hydrogens is 312 g/mol. The van der Waals surface area contributed by atoms with Crippen LogP contribution in [0.1, 0.15) is 61.5 Å². The number of nitrogens with two attached hydrogens (primary N) is 1. The molecule has 0 amide bonds. The molecule has 25 heavy (non-hydrogen) atoms. The van der Waals surface area contributed by atoms with E-state index < -0.39 is 6.10 Å². The van der Waals surface area contributed by atoms with Gasteiger partial charge >= 0.3 is 0 Å². The van der Waals surface area contributed by atoms with Crippen molar-refractivity contribution >= 4 is 5.78 Å². The third-order valence-electron chi connectivity index (χ3n) is 5.16. The van der Waals surface area contributed by atoms with Gasteiger partial charge in [0, 0.05) is 18.5 Å². The number of carbonyl (C=O) groups excluding carboxylic acids is 1. The first-order valence-corrected chi connectivity index (χ1v) is 9.16. The number of hydrogen-bond donors (Lipinski definition) is 2. The molecule has 3 atom stereocenters. The van der Waals surface area contributed by atoms with E-state index in [9.17, 15) is 4.79 Å². The SMILES string of the molecule is CC#Cc1cc(C)c(C2ONCC(C(CC)CCN)CC2=O)c(C)c1. The van der Waals surface area contributed by atoms with Gasteiger partial charge in [0.1, 0.15) is 0 Å². The Kier molecular flexibility index (Phi) is 7.19. The van der Waals surface area contributed by atoms with Gasteiger partial charge in [-0.1, -0.05) is 19.3 Å². The van der Waals surface area contributed by atoms with Crippen molar-refractivity contribution in [2.24, 2.45) is 17.6 Å². The minimum absolute atomic E-state index is 0.144. The fourth-order valence-corrected chi connectivity index (χ4v) is 3.89. The Bertz CT molecular complexity index is 649. The average molecular weight is 342 g/mol. The Hall–Kier alpha value is -1.67. The van der Waals surface area contributed by atoms with E-state index >= 15 is 0 Å². The van der Waals surface area contributed by atoms with E-state index in [0.29, 0.717) is 25.4 Å². The molecule has 2 rings (SSSR count). The number of hydrogen-bond acceptors (Lipinski definition) is 4. The second-order valence-electron chi connectivity index (χ2n) is 6.92. The zero-order valence-corrected chi connectivity index (χ0v) is 15.8. The number of Topliss-reactive ketones (excluding diaryl/α,β-unsaturated/α-hetero) is 1. The summed E-state index contributed by atoms with van der Waals surface area (Å²) < 4.78 is 0. The van der Waals surface area contributed by atoms with Crippen molar-refractivity contribution in [3.63, 3.8) is 0 Å². The summed E-state index contributed by atoms with van der Waals surface area (Å²) in [6.45, 7) is 9.38. The number of ketones is 1. The van der Waals surface area contributed by atoms with E-state index in [4.69, 9.17) is 10.6 Å². The highest BCUT2D eigenvalue weighted by Crippen LogP contribution is 2.32. The zero-order valence-electron chi connectivity index (χ0n) is 15.8. The van der Waals surface area contributed by atoms with E-state index in [1.54, 1.807) is 0 Å². The number of aryl methyl sites for hydroxylation is 2. The molecule has 0 aliphatic carbocycles. The topological polar surface area (TPSA) is 64.3 Å². The van der Waals surface area contributed by atoms with Gasteiger partial charge < -0.3 is 5.73 Å². The molecule has 3 N–H and O–H groups in total. The van der Waals surface area contributed by atoms with Crippen LogP contribution in [0.4, 0.5) is 0 Å². The lowest BCUT2D eigenvalue weighted by Gasteiger charge is -2.23. The first kappa shape index (κ1) is 19.7. The highest BCUT2D eigenvalue weighted by Gasteiger charge is 2.33. The summed E-state index contributed by atoms with van der Waals surface area (Å²) in [6.07, 6.45) is 1.96. The Morgan fingerprint density at radius 1 is 1.36 bits per heavy atom. The largest absolute Gasteiger partial charge is 0.330 e. The smallest absolute Gasteiger partial charge is 0.168 e. The van der Waals surface area contributed by atoms with Gasteiger partial charge in [-0.05, 0) is 74.4 Å². The molecule has 1 fully saturated rings. The van der Waals surface area contributed by atoms with Crippen LogP contribution in [0.25, 0.3) is 0 Å². The monoisotopic (exact) mass is 342 g/mol. The number of nitrogens with one attached hydrogen (secondary N) is 1. The molecule has 4 heteroatoms. The van der Waals surface area contributed by atoms with Gasteiger partial charge in [0.25, 0.3) is 0 Å². The van der Waals surface area contributed by atoms with Crippen molar-refractivity contribution in [2.45, 2.75) is 53.1 Å². The Labute approximate surface area is 151 Å². The zero-order chi connectivity index (χ0) is 18.4. The molecule has 1 aromatic rings. The second-order valence-corrected chi connectivity index (χ2v) is 6.92. The predicted octanol–water partition coefficient (Wildman–Crippen LogP) is 3.20. The van der Waals surface area contributed by atoms with Crippen LogP contribution in [0, 0.1) is 37.5 Å². The van der Waals surface area contributed by atoms with Crippen molar-refractivity contribution < 1.29 is 9.63 Å². The van der Waals surface area contributed by atoms with Crippen molar-refractivity contribution in [3.05, 3.63) is 34.4 Å². The van der Waals surface area contributed by atoms with Crippen LogP contribution in [0.15, 0.2) is 12.1 Å². The third kappa shape index (κ3) is 4.70. The molecular formula is C21H30N2O2. The standard InChI is InChI=1S/C21H30N2O2/c1-5-7-16-10-14(3)20(15(4)11-16)21-19(24)12-18(13-23-25-21)17(6-2)8-9-22/h10-11,17-18,21,23H,6,8-9,12-13,22H2,1-4H3. The van der Waals surface area contributed by atoms with Crippen LogP contribution < -0.4 is 11.2 Å². The minimum atomic E-state index is -0.552. The van der Waals surface area contributed by atoms with Gasteiger partial charge in [-0.2, -0.15) is 0 Å². The van der Waals surface area contributed by atoms with E-state index in [0.717, 1.165) is 35.1 Å². The Morgan fingerprint density at radius 3 is 2.60 bits per heavy atom. The highest BCUT2D eigenvalue weighted by atomic mass is 16.7. The van der Waals surface area contributed by atoms with Crippen LogP contribution in [0.5, 0.6) is 0 Å². The first-order chi connectivity index (χ1) is 12.0. The maximum absolute atomic E-state index is 12.9. The minimum Gasteiger partial charge on any atom is -0.330 e. The van der Waals surface area contributed by atoms with E-state index in [-0.39, 0.29) is 11.7 Å². The van der Waals surface area contributed by atoms with Crippen LogP contribution >= 0.6 is 0 Å². The quantitative estimate of drug-likeness (QED) is 0.807. The van der Waals surface area contributed by atoms with Gasteiger partial charge in [-0.3, -0.25) is 9.63 Å². The molecule has 1 aliphatic heterocycles. The lowest BCUT2D eigenvalue weighted by Crippen LogP contribution is -2.27. The summed E-state index contributed by atoms with van der Waals surface area (Å²) in [5, 5.41) is 0. The van der Waals surface area contributed by atoms with Gasteiger partial charge in [-0.15, -0.1) is 5.92 Å². The molecule has 0 bridgehead atoms. The summed E-state index contributed by atoms with van der Waals surface area (Å²) >= 11 is 0. The predicted molar refractivity (Wildman–Crippen MR) is 101 cm³/mol. The van der Waals surface area contributed by atoms with Crippen molar-refractivity contribution in [1.82, 2.24) is 5.48 Å². The molecule has 4 nitrogen and oxygen atoms in total. The molecule has 1 aliphatic rings. The van der Waals surface area contributed by atoms with Crippen molar-refractivity contribution in [1.29, 1.82) is 0 Å². The fraction of sp³-hybridized carbons (Fsp3) is 0.571. The van der Waals surface area contributed by atoms with E-state index in [1.807, 2.05) is 32.9 Å². The first-order valence-electron chi connectivity index (χ1n) is 9.16. The van der Waals surface area contributed by atoms with E-state index in [2.05, 4.69) is 24.2 Å². The average Bonchev–Trinajstić information content (AvgIpc) is 2.74. The molecule has 0 radical (unpaired) electrons. The number of benzene rings is 1. The third-order valence-corrected chi connectivity index (χ3v) is 5.16. The lowest BCUT2D eigenvalue weighted by atomic mass is 9.82. The maximum Gasteiger partial charge on any atom is 0.168 e. The summed E-state index contributed by atoms with van der Waals surface area (Å²) in [5.41, 5.74) is 12.8. The molecule has 0 saturated carbocycles. The number of rotatable bonds is 5. The normalized spacial score (nSPS) is 22.0. The summed E-state index contributed by atoms with van der Waals surface area (Å²) in [6, 6.07) is 4.06. The molecule has 0 aromatic heterocycles. The molecule has 0 spiro atoms. The van der Waals surface area contributed by atoms with Crippen LogP contribution in [-0.2, 0) is 9.63 Å². The van der Waals surface area contributed by atoms with Crippen LogP contribution in [0.2, 0.25) is 0 Å². The number of hydroxylamine groups is 1.